The van der Waals surface area contributed by atoms with Gasteiger partial charge in [-0.05, 0) is 39.0 Å². The summed E-state index contributed by atoms with van der Waals surface area (Å²) < 4.78 is 25.2. The van der Waals surface area contributed by atoms with Crippen molar-refractivity contribution in [2.24, 2.45) is 11.8 Å². The number of sulfonamides is 1. The van der Waals surface area contributed by atoms with Crippen LogP contribution in [0.1, 0.15) is 39.0 Å². The van der Waals surface area contributed by atoms with E-state index in [0.717, 1.165) is 0 Å². The monoisotopic (exact) mass is 332 g/mol. The standard InChI is InChI=1S/C14H24N2O5S/c1-2-22(20,21)16-7-3-4-11(9-16)13(17)15-12-6-5-10(8-12)14(18)19/h10-12H,2-9H2,1H3,(H,15,17)(H,18,19)/t10-,11?,12+/m0/s1. The first kappa shape index (κ1) is 17.2. The second kappa shape index (κ2) is 6.95. The quantitative estimate of drug-likeness (QED) is 0.759. The van der Waals surface area contributed by atoms with Gasteiger partial charge in [0, 0.05) is 19.1 Å². The third-order valence-corrected chi connectivity index (χ3v) is 6.49. The largest absolute Gasteiger partial charge is 0.481 e. The minimum Gasteiger partial charge on any atom is -0.481 e. The molecule has 126 valence electrons. The summed E-state index contributed by atoms with van der Waals surface area (Å²) >= 11 is 0. The second-order valence-corrected chi connectivity index (χ2v) is 8.41. The van der Waals surface area contributed by atoms with Crippen LogP contribution in [0.4, 0.5) is 0 Å². The first-order valence-electron chi connectivity index (χ1n) is 7.84. The highest BCUT2D eigenvalue weighted by atomic mass is 32.2. The van der Waals surface area contributed by atoms with Crippen molar-refractivity contribution < 1.29 is 23.1 Å². The number of piperidine rings is 1. The van der Waals surface area contributed by atoms with E-state index < -0.39 is 16.0 Å². The predicted octanol–water partition coefficient (Wildman–Crippen LogP) is 0.418. The number of carbonyl (C=O) groups is 2. The van der Waals surface area contributed by atoms with Crippen LogP contribution in [-0.4, -0.2) is 54.6 Å². The summed E-state index contributed by atoms with van der Waals surface area (Å²) in [6.07, 6.45) is 3.08. The number of aliphatic carboxylic acids is 1. The van der Waals surface area contributed by atoms with Gasteiger partial charge in [-0.15, -0.1) is 0 Å². The zero-order valence-electron chi connectivity index (χ0n) is 12.8. The number of carboxylic acids is 1. The fraction of sp³-hybridized carbons (Fsp3) is 0.857. The van der Waals surface area contributed by atoms with Gasteiger partial charge in [-0.1, -0.05) is 0 Å². The lowest BCUT2D eigenvalue weighted by molar-refractivity contribution is -0.141. The smallest absolute Gasteiger partial charge is 0.306 e. The molecular formula is C14H24N2O5S. The maximum atomic E-state index is 12.3. The Labute approximate surface area is 131 Å². The van der Waals surface area contributed by atoms with Crippen LogP contribution in [0.15, 0.2) is 0 Å². The molecule has 1 amide bonds. The van der Waals surface area contributed by atoms with Gasteiger partial charge in [0.05, 0.1) is 17.6 Å². The molecule has 0 bridgehead atoms. The normalized spacial score (nSPS) is 30.1. The van der Waals surface area contributed by atoms with Crippen molar-refractivity contribution in [2.75, 3.05) is 18.8 Å². The van der Waals surface area contributed by atoms with Crippen molar-refractivity contribution >= 4 is 21.9 Å². The van der Waals surface area contributed by atoms with E-state index in [1.807, 2.05) is 0 Å². The Morgan fingerprint density at radius 3 is 2.55 bits per heavy atom. The molecule has 1 aliphatic carbocycles. The summed E-state index contributed by atoms with van der Waals surface area (Å²) in [6.45, 7) is 2.31. The number of hydrogen-bond donors (Lipinski definition) is 2. The van der Waals surface area contributed by atoms with Gasteiger partial charge in [-0.2, -0.15) is 0 Å². The van der Waals surface area contributed by atoms with Gasteiger partial charge in [0.15, 0.2) is 0 Å². The zero-order valence-corrected chi connectivity index (χ0v) is 13.6. The number of carboxylic acid groups (broad SMARTS) is 1. The molecule has 0 aromatic heterocycles. The molecule has 1 aliphatic heterocycles. The summed E-state index contributed by atoms with van der Waals surface area (Å²) in [5.74, 6) is -1.63. The lowest BCUT2D eigenvalue weighted by atomic mass is 9.98. The number of carbonyl (C=O) groups excluding carboxylic acids is 1. The lowest BCUT2D eigenvalue weighted by Crippen LogP contribution is -2.47. The average molecular weight is 332 g/mol. The van der Waals surface area contributed by atoms with Crippen LogP contribution in [0.3, 0.4) is 0 Å². The molecule has 1 saturated carbocycles. The van der Waals surface area contributed by atoms with Gasteiger partial charge in [-0.25, -0.2) is 12.7 Å². The summed E-state index contributed by atoms with van der Waals surface area (Å²) in [7, 11) is -3.26. The maximum Gasteiger partial charge on any atom is 0.306 e. The van der Waals surface area contributed by atoms with Crippen molar-refractivity contribution in [3.05, 3.63) is 0 Å². The average Bonchev–Trinajstić information content (AvgIpc) is 2.96. The van der Waals surface area contributed by atoms with Crippen molar-refractivity contribution in [1.29, 1.82) is 0 Å². The van der Waals surface area contributed by atoms with Crippen molar-refractivity contribution in [3.63, 3.8) is 0 Å². The Hall–Kier alpha value is -1.15. The van der Waals surface area contributed by atoms with Crippen molar-refractivity contribution in [2.45, 2.75) is 45.1 Å². The molecule has 3 atom stereocenters. The number of rotatable bonds is 5. The number of nitrogens with one attached hydrogen (secondary N) is 1. The van der Waals surface area contributed by atoms with E-state index in [1.165, 1.54) is 4.31 Å². The van der Waals surface area contributed by atoms with Gasteiger partial charge in [0.1, 0.15) is 0 Å². The maximum absolute atomic E-state index is 12.3. The van der Waals surface area contributed by atoms with E-state index in [4.69, 9.17) is 5.11 Å². The Balaban J connectivity index is 1.89. The van der Waals surface area contributed by atoms with Crippen LogP contribution in [0, 0.1) is 11.8 Å². The molecule has 7 nitrogen and oxygen atoms in total. The molecule has 0 spiro atoms. The van der Waals surface area contributed by atoms with Gasteiger partial charge < -0.3 is 10.4 Å². The second-order valence-electron chi connectivity index (χ2n) is 6.15. The summed E-state index contributed by atoms with van der Waals surface area (Å²) in [4.78, 5) is 23.2. The summed E-state index contributed by atoms with van der Waals surface area (Å²) in [6, 6.07) is -0.105. The van der Waals surface area contributed by atoms with E-state index >= 15 is 0 Å². The van der Waals surface area contributed by atoms with Gasteiger partial charge in [0.2, 0.25) is 15.9 Å². The van der Waals surface area contributed by atoms with Crippen LogP contribution in [0.25, 0.3) is 0 Å². The van der Waals surface area contributed by atoms with E-state index in [1.54, 1.807) is 6.92 Å². The molecule has 22 heavy (non-hydrogen) atoms. The summed E-state index contributed by atoms with van der Waals surface area (Å²) in [5, 5.41) is 11.9. The first-order valence-corrected chi connectivity index (χ1v) is 9.45. The van der Waals surface area contributed by atoms with Gasteiger partial charge in [-0.3, -0.25) is 9.59 Å². The molecule has 2 fully saturated rings. The lowest BCUT2D eigenvalue weighted by Gasteiger charge is -2.31. The van der Waals surface area contributed by atoms with Crippen LogP contribution in [-0.2, 0) is 19.6 Å². The zero-order chi connectivity index (χ0) is 16.3. The van der Waals surface area contributed by atoms with Crippen molar-refractivity contribution in [3.8, 4) is 0 Å². The molecular weight excluding hydrogens is 308 g/mol. The molecule has 1 heterocycles. The fourth-order valence-corrected chi connectivity index (χ4v) is 4.43. The molecule has 2 rings (SSSR count). The minimum atomic E-state index is -3.26. The Morgan fingerprint density at radius 1 is 1.23 bits per heavy atom. The highest BCUT2D eigenvalue weighted by Crippen LogP contribution is 2.27. The topological polar surface area (TPSA) is 104 Å². The fourth-order valence-electron chi connectivity index (χ4n) is 3.25. The van der Waals surface area contributed by atoms with Crippen LogP contribution < -0.4 is 5.32 Å². The molecule has 8 heteroatoms. The molecule has 2 N–H and O–H groups in total. The highest BCUT2D eigenvalue weighted by molar-refractivity contribution is 7.89. The van der Waals surface area contributed by atoms with Gasteiger partial charge in [0.25, 0.3) is 0 Å². The molecule has 0 aromatic carbocycles. The molecule has 0 radical (unpaired) electrons. The molecule has 1 saturated heterocycles. The number of hydrogen-bond acceptors (Lipinski definition) is 4. The number of nitrogens with zero attached hydrogens (tertiary/aromatic N) is 1. The van der Waals surface area contributed by atoms with Crippen LogP contribution >= 0.6 is 0 Å². The number of amides is 1. The van der Waals surface area contributed by atoms with Crippen LogP contribution in [0.5, 0.6) is 0 Å². The predicted molar refractivity (Wildman–Crippen MR) is 80.7 cm³/mol. The van der Waals surface area contributed by atoms with Gasteiger partial charge >= 0.3 is 5.97 Å². The highest BCUT2D eigenvalue weighted by Gasteiger charge is 2.35. The van der Waals surface area contributed by atoms with E-state index in [9.17, 15) is 18.0 Å². The molecule has 2 aliphatic rings. The first-order chi connectivity index (χ1) is 10.3. The minimum absolute atomic E-state index is 0.0459. The molecule has 1 unspecified atom stereocenters. The van der Waals surface area contributed by atoms with E-state index in [2.05, 4.69) is 5.32 Å². The summed E-state index contributed by atoms with van der Waals surface area (Å²) in [5.41, 5.74) is 0. The van der Waals surface area contributed by atoms with E-state index in [0.29, 0.717) is 38.6 Å². The Morgan fingerprint density at radius 2 is 1.95 bits per heavy atom. The SMILES string of the molecule is CCS(=O)(=O)N1CCCC(C(=O)N[C@@H]2CC[C@H](C(=O)O)C2)C1. The molecule has 0 aromatic rings. The van der Waals surface area contributed by atoms with Crippen LogP contribution in [0.2, 0.25) is 0 Å². The van der Waals surface area contributed by atoms with Crippen molar-refractivity contribution in [1.82, 2.24) is 9.62 Å². The Kier molecular flexibility index (Phi) is 5.44. The third-order valence-electron chi connectivity index (χ3n) is 4.64. The third kappa shape index (κ3) is 3.98. The Bertz CT molecular complexity index is 533. The van der Waals surface area contributed by atoms with E-state index in [-0.39, 0.29) is 36.1 Å².